The number of carbonyl (C=O) groups is 1. The number of carbonyl (C=O) groups excluding carboxylic acids is 1. The molecule has 1 amide bonds. The summed E-state index contributed by atoms with van der Waals surface area (Å²) in [6, 6.07) is 2.58. The van der Waals surface area contributed by atoms with Gasteiger partial charge in [0.1, 0.15) is 0 Å². The summed E-state index contributed by atoms with van der Waals surface area (Å²) < 4.78 is 22.8. The highest BCUT2D eigenvalue weighted by Gasteiger charge is 2.29. The molecule has 0 heterocycles. The molecule has 0 spiro atoms. The molecule has 0 aromatic heterocycles. The van der Waals surface area contributed by atoms with Crippen molar-refractivity contribution < 1.29 is 13.2 Å². The molecule has 1 aliphatic carbocycles. The highest BCUT2D eigenvalue weighted by Crippen LogP contribution is 2.33. The summed E-state index contributed by atoms with van der Waals surface area (Å²) in [5, 5.41) is 3.07. The molecule has 4 nitrogen and oxygen atoms in total. The van der Waals surface area contributed by atoms with E-state index in [1.54, 1.807) is 6.92 Å². The van der Waals surface area contributed by atoms with E-state index in [0.29, 0.717) is 11.5 Å². The zero-order chi connectivity index (χ0) is 15.1. The van der Waals surface area contributed by atoms with Gasteiger partial charge in [0.25, 0.3) is 15.0 Å². The average Bonchev–Trinajstić information content (AvgIpc) is 3.14. The molecule has 0 radical (unpaired) electrons. The van der Waals surface area contributed by atoms with Crippen molar-refractivity contribution in [2.75, 3.05) is 0 Å². The van der Waals surface area contributed by atoms with Crippen molar-refractivity contribution in [3.8, 4) is 0 Å². The van der Waals surface area contributed by atoms with Crippen molar-refractivity contribution in [2.45, 2.75) is 37.6 Å². The first-order valence-corrected chi connectivity index (χ1v) is 8.94. The van der Waals surface area contributed by atoms with E-state index in [9.17, 15) is 13.2 Å². The summed E-state index contributed by atoms with van der Waals surface area (Å²) in [5.41, 5.74) is 0.778. The quantitative estimate of drug-likeness (QED) is 0.860. The van der Waals surface area contributed by atoms with E-state index in [1.165, 1.54) is 12.1 Å². The Hall–Kier alpha value is -0.780. The SMILES string of the molecule is Cc1c(Cl)cc(S(=O)(=O)Cl)cc1C(=O)NC(C)C1CC1. The normalized spacial score (nSPS) is 16.8. The second-order valence-electron chi connectivity index (χ2n) is 5.12. The Morgan fingerprint density at radius 1 is 1.40 bits per heavy atom. The van der Waals surface area contributed by atoms with Gasteiger partial charge in [-0.3, -0.25) is 4.79 Å². The topological polar surface area (TPSA) is 63.2 Å². The number of rotatable bonds is 4. The lowest BCUT2D eigenvalue weighted by atomic mass is 10.1. The van der Waals surface area contributed by atoms with Crippen LogP contribution in [0.25, 0.3) is 0 Å². The lowest BCUT2D eigenvalue weighted by Gasteiger charge is -2.15. The molecule has 1 atom stereocenters. The van der Waals surface area contributed by atoms with Crippen molar-refractivity contribution in [2.24, 2.45) is 5.92 Å². The largest absolute Gasteiger partial charge is 0.349 e. The Morgan fingerprint density at radius 2 is 2.00 bits per heavy atom. The van der Waals surface area contributed by atoms with Gasteiger partial charge in [-0.2, -0.15) is 0 Å². The Bertz CT molecular complexity index is 654. The van der Waals surface area contributed by atoms with Gasteiger partial charge in [-0.25, -0.2) is 8.42 Å². The molecule has 1 aromatic rings. The second kappa shape index (κ2) is 5.54. The molecule has 1 unspecified atom stereocenters. The van der Waals surface area contributed by atoms with Crippen LogP contribution in [0.5, 0.6) is 0 Å². The Kier molecular flexibility index (Phi) is 4.33. The molecule has 1 aliphatic rings. The van der Waals surface area contributed by atoms with Crippen LogP contribution in [-0.2, 0) is 9.05 Å². The first-order valence-electron chi connectivity index (χ1n) is 6.26. The molecule has 0 bridgehead atoms. The summed E-state index contributed by atoms with van der Waals surface area (Å²) in [7, 11) is 1.38. The Labute approximate surface area is 127 Å². The fourth-order valence-corrected chi connectivity index (χ4v) is 3.10. The third-order valence-corrected chi connectivity index (χ3v) is 5.26. The summed E-state index contributed by atoms with van der Waals surface area (Å²) in [4.78, 5) is 12.1. The first kappa shape index (κ1) is 15.6. The van der Waals surface area contributed by atoms with Crippen LogP contribution < -0.4 is 5.32 Å². The van der Waals surface area contributed by atoms with E-state index >= 15 is 0 Å². The van der Waals surface area contributed by atoms with Crippen LogP contribution in [0, 0.1) is 12.8 Å². The van der Waals surface area contributed by atoms with Crippen molar-refractivity contribution >= 4 is 37.2 Å². The maximum Gasteiger partial charge on any atom is 0.261 e. The second-order valence-corrected chi connectivity index (χ2v) is 8.09. The molecule has 1 N–H and O–H groups in total. The van der Waals surface area contributed by atoms with Crippen LogP contribution >= 0.6 is 22.3 Å². The molecule has 2 rings (SSSR count). The maximum atomic E-state index is 12.2. The van der Waals surface area contributed by atoms with Crippen molar-refractivity contribution in [1.82, 2.24) is 5.32 Å². The van der Waals surface area contributed by atoms with E-state index in [4.69, 9.17) is 22.3 Å². The average molecular weight is 336 g/mol. The third kappa shape index (κ3) is 3.45. The number of halogens is 2. The molecule has 1 fully saturated rings. The zero-order valence-corrected chi connectivity index (χ0v) is 13.4. The fraction of sp³-hybridized carbons (Fsp3) is 0.462. The molecule has 1 saturated carbocycles. The molecular formula is C13H15Cl2NO3S. The number of benzene rings is 1. The van der Waals surface area contributed by atoms with Gasteiger partial charge in [0, 0.05) is 27.3 Å². The van der Waals surface area contributed by atoms with Crippen molar-refractivity contribution in [1.29, 1.82) is 0 Å². The molecule has 0 aliphatic heterocycles. The summed E-state index contributed by atoms with van der Waals surface area (Å²) in [6.07, 6.45) is 2.22. The van der Waals surface area contributed by atoms with Gasteiger partial charge in [-0.05, 0) is 50.3 Å². The van der Waals surface area contributed by atoms with E-state index in [2.05, 4.69) is 5.32 Å². The lowest BCUT2D eigenvalue weighted by molar-refractivity contribution is 0.0935. The van der Waals surface area contributed by atoms with E-state index < -0.39 is 9.05 Å². The fourth-order valence-electron chi connectivity index (χ4n) is 2.03. The third-order valence-electron chi connectivity index (χ3n) is 3.53. The molecule has 0 saturated heterocycles. The monoisotopic (exact) mass is 335 g/mol. The van der Waals surface area contributed by atoms with E-state index in [0.717, 1.165) is 12.8 Å². The highest BCUT2D eigenvalue weighted by molar-refractivity contribution is 8.13. The highest BCUT2D eigenvalue weighted by atomic mass is 35.7. The maximum absolute atomic E-state index is 12.2. The van der Waals surface area contributed by atoms with Gasteiger partial charge in [0.15, 0.2) is 0 Å². The van der Waals surface area contributed by atoms with Crippen LogP contribution in [0.3, 0.4) is 0 Å². The van der Waals surface area contributed by atoms with Crippen molar-refractivity contribution in [3.05, 3.63) is 28.3 Å². The number of hydrogen-bond donors (Lipinski definition) is 1. The molecule has 20 heavy (non-hydrogen) atoms. The van der Waals surface area contributed by atoms with Crippen molar-refractivity contribution in [3.63, 3.8) is 0 Å². The smallest absolute Gasteiger partial charge is 0.261 e. The molecule has 110 valence electrons. The van der Waals surface area contributed by atoms with Gasteiger partial charge in [0.2, 0.25) is 0 Å². The summed E-state index contributed by atoms with van der Waals surface area (Å²) in [6.45, 7) is 3.61. The van der Waals surface area contributed by atoms with Crippen LogP contribution in [0.15, 0.2) is 17.0 Å². The van der Waals surface area contributed by atoms with Gasteiger partial charge in [-0.15, -0.1) is 0 Å². The van der Waals surface area contributed by atoms with Gasteiger partial charge in [-0.1, -0.05) is 11.6 Å². The van der Waals surface area contributed by atoms with Crippen LogP contribution in [0.1, 0.15) is 35.7 Å². The number of amides is 1. The van der Waals surface area contributed by atoms with Gasteiger partial charge < -0.3 is 5.32 Å². The molecule has 7 heteroatoms. The zero-order valence-electron chi connectivity index (χ0n) is 11.1. The Balaban J connectivity index is 2.34. The lowest BCUT2D eigenvalue weighted by Crippen LogP contribution is -2.34. The van der Waals surface area contributed by atoms with Crippen LogP contribution in [0.4, 0.5) is 0 Å². The minimum atomic E-state index is -3.92. The number of hydrogen-bond acceptors (Lipinski definition) is 3. The molecular weight excluding hydrogens is 321 g/mol. The predicted octanol–water partition coefficient (Wildman–Crippen LogP) is 3.10. The first-order chi connectivity index (χ1) is 9.20. The van der Waals surface area contributed by atoms with Gasteiger partial charge in [0.05, 0.1) is 4.90 Å². The standard InChI is InChI=1S/C13H15Cl2NO3S/c1-7-11(13(17)16-8(2)9-3-4-9)5-10(6-12(7)14)20(15,18)19/h5-6,8-9H,3-4H2,1-2H3,(H,16,17). The van der Waals surface area contributed by atoms with Crippen LogP contribution in [0.2, 0.25) is 5.02 Å². The molecule has 1 aromatic carbocycles. The van der Waals surface area contributed by atoms with Crippen LogP contribution in [-0.4, -0.2) is 20.4 Å². The van der Waals surface area contributed by atoms with E-state index in [-0.39, 0.29) is 27.4 Å². The number of nitrogens with one attached hydrogen (secondary N) is 1. The van der Waals surface area contributed by atoms with Gasteiger partial charge >= 0.3 is 0 Å². The minimum absolute atomic E-state index is 0.0666. The van der Waals surface area contributed by atoms with E-state index in [1.807, 2.05) is 6.92 Å². The summed E-state index contributed by atoms with van der Waals surface area (Å²) in [5.74, 6) is 0.181. The Morgan fingerprint density at radius 3 is 2.50 bits per heavy atom. The predicted molar refractivity (Wildman–Crippen MR) is 78.9 cm³/mol. The minimum Gasteiger partial charge on any atom is -0.349 e. The summed E-state index contributed by atoms with van der Waals surface area (Å²) >= 11 is 5.98.